The number of carbonyl (C=O) groups excluding carboxylic acids is 1. The van der Waals surface area contributed by atoms with Crippen LogP contribution < -0.4 is 10.6 Å². The van der Waals surface area contributed by atoms with Crippen LogP contribution in [0.5, 0.6) is 0 Å². The highest BCUT2D eigenvalue weighted by Crippen LogP contribution is 2.04. The average Bonchev–Trinajstić information content (AvgIpc) is 2.92. The fourth-order valence-electron chi connectivity index (χ4n) is 1.76. The maximum Gasteiger partial charge on any atom is 0.246 e. The number of rotatable bonds is 8. The molecule has 0 fully saturated rings. The van der Waals surface area contributed by atoms with Gasteiger partial charge in [-0.25, -0.2) is 4.68 Å². The number of aromatic nitrogens is 3. The van der Waals surface area contributed by atoms with Crippen molar-refractivity contribution in [3.05, 3.63) is 42.2 Å². The molecular formula is C14H19N5O2. The van der Waals surface area contributed by atoms with Gasteiger partial charge in [-0.1, -0.05) is 23.4 Å². The molecule has 2 N–H and O–H groups in total. The minimum atomic E-state index is -0.134. The molecule has 0 saturated heterocycles. The van der Waals surface area contributed by atoms with Gasteiger partial charge in [0.05, 0.1) is 18.5 Å². The predicted molar refractivity (Wildman–Crippen MR) is 78.7 cm³/mol. The van der Waals surface area contributed by atoms with Crippen LogP contribution >= 0.6 is 0 Å². The quantitative estimate of drug-likeness (QED) is 0.698. The fourth-order valence-corrected chi connectivity index (χ4v) is 1.76. The molecular weight excluding hydrogens is 270 g/mol. The molecule has 2 rings (SSSR count). The number of nitrogens with one attached hydrogen (secondary N) is 2. The van der Waals surface area contributed by atoms with Gasteiger partial charge in [0.2, 0.25) is 5.91 Å². The minimum absolute atomic E-state index is 0.134. The lowest BCUT2D eigenvalue weighted by atomic mass is 10.3. The molecule has 21 heavy (non-hydrogen) atoms. The number of hydrogen-bond acceptors (Lipinski definition) is 5. The van der Waals surface area contributed by atoms with Crippen molar-refractivity contribution in [2.45, 2.75) is 13.1 Å². The van der Waals surface area contributed by atoms with E-state index in [-0.39, 0.29) is 12.5 Å². The normalized spacial score (nSPS) is 10.5. The number of amides is 1. The average molecular weight is 289 g/mol. The van der Waals surface area contributed by atoms with Crippen LogP contribution in [0.3, 0.4) is 0 Å². The Bertz CT molecular complexity index is 556. The largest absolute Gasteiger partial charge is 0.383 e. The number of anilines is 1. The third-order valence-electron chi connectivity index (χ3n) is 2.74. The molecule has 0 atom stereocenters. The SMILES string of the molecule is COCCNCc1cn(CC(=O)Nc2ccccc2)nn1. The van der Waals surface area contributed by atoms with Gasteiger partial charge in [-0.15, -0.1) is 5.10 Å². The zero-order valence-corrected chi connectivity index (χ0v) is 12.0. The van der Waals surface area contributed by atoms with Crippen LogP contribution in [0.15, 0.2) is 36.5 Å². The van der Waals surface area contributed by atoms with Crippen molar-refractivity contribution in [3.8, 4) is 0 Å². The second-order valence-corrected chi connectivity index (χ2v) is 4.49. The summed E-state index contributed by atoms with van der Waals surface area (Å²) in [5.74, 6) is -0.134. The van der Waals surface area contributed by atoms with Crippen LogP contribution in [0, 0.1) is 0 Å². The molecule has 0 radical (unpaired) electrons. The van der Waals surface area contributed by atoms with Crippen LogP contribution in [-0.2, 0) is 22.6 Å². The van der Waals surface area contributed by atoms with E-state index in [0.29, 0.717) is 13.2 Å². The maximum absolute atomic E-state index is 11.9. The first kappa shape index (κ1) is 15.1. The second kappa shape index (κ2) is 8.13. The van der Waals surface area contributed by atoms with E-state index in [1.54, 1.807) is 13.3 Å². The summed E-state index contributed by atoms with van der Waals surface area (Å²) in [4.78, 5) is 11.9. The van der Waals surface area contributed by atoms with Crippen molar-refractivity contribution in [2.24, 2.45) is 0 Å². The van der Waals surface area contributed by atoms with Gasteiger partial charge in [0, 0.05) is 25.9 Å². The standard InChI is InChI=1S/C14H19N5O2/c1-21-8-7-15-9-13-10-19(18-17-13)11-14(20)16-12-5-3-2-4-6-12/h2-6,10,15H,7-9,11H2,1H3,(H,16,20). The lowest BCUT2D eigenvalue weighted by molar-refractivity contribution is -0.116. The van der Waals surface area contributed by atoms with Crippen LogP contribution in [0.25, 0.3) is 0 Å². The number of ether oxygens (including phenoxy) is 1. The van der Waals surface area contributed by atoms with E-state index in [1.165, 1.54) is 4.68 Å². The first-order chi connectivity index (χ1) is 10.3. The molecule has 0 aliphatic heterocycles. The Labute approximate surface area is 123 Å². The molecule has 0 spiro atoms. The van der Waals surface area contributed by atoms with Crippen molar-refractivity contribution < 1.29 is 9.53 Å². The van der Waals surface area contributed by atoms with Gasteiger partial charge in [0.1, 0.15) is 6.54 Å². The molecule has 7 nitrogen and oxygen atoms in total. The van der Waals surface area contributed by atoms with Gasteiger partial charge in [-0.05, 0) is 12.1 Å². The van der Waals surface area contributed by atoms with Crippen LogP contribution in [0.2, 0.25) is 0 Å². The molecule has 1 amide bonds. The van der Waals surface area contributed by atoms with E-state index in [1.807, 2.05) is 30.3 Å². The highest BCUT2D eigenvalue weighted by Gasteiger charge is 2.06. The molecule has 0 aliphatic carbocycles. The third kappa shape index (κ3) is 5.33. The summed E-state index contributed by atoms with van der Waals surface area (Å²) in [5, 5.41) is 13.9. The third-order valence-corrected chi connectivity index (χ3v) is 2.74. The van der Waals surface area contributed by atoms with Gasteiger partial charge >= 0.3 is 0 Å². The maximum atomic E-state index is 11.9. The van der Waals surface area contributed by atoms with E-state index >= 15 is 0 Å². The van der Waals surface area contributed by atoms with E-state index in [9.17, 15) is 4.79 Å². The van der Waals surface area contributed by atoms with E-state index in [4.69, 9.17) is 4.74 Å². The van der Waals surface area contributed by atoms with Crippen molar-refractivity contribution in [3.63, 3.8) is 0 Å². The van der Waals surface area contributed by atoms with Gasteiger partial charge in [-0.2, -0.15) is 0 Å². The summed E-state index contributed by atoms with van der Waals surface area (Å²) in [5.41, 5.74) is 1.56. The minimum Gasteiger partial charge on any atom is -0.383 e. The topological polar surface area (TPSA) is 81.1 Å². The Hall–Kier alpha value is -2.25. The summed E-state index contributed by atoms with van der Waals surface area (Å²) in [7, 11) is 1.66. The Morgan fingerprint density at radius 2 is 2.14 bits per heavy atom. The first-order valence-corrected chi connectivity index (χ1v) is 6.71. The van der Waals surface area contributed by atoms with E-state index in [0.717, 1.165) is 17.9 Å². The van der Waals surface area contributed by atoms with E-state index < -0.39 is 0 Å². The molecule has 2 aromatic rings. The van der Waals surface area contributed by atoms with Crippen LogP contribution in [0.1, 0.15) is 5.69 Å². The smallest absolute Gasteiger partial charge is 0.246 e. The summed E-state index contributed by atoms with van der Waals surface area (Å²) >= 11 is 0. The second-order valence-electron chi connectivity index (χ2n) is 4.49. The Morgan fingerprint density at radius 1 is 1.33 bits per heavy atom. The fraction of sp³-hybridized carbons (Fsp3) is 0.357. The number of carbonyl (C=O) groups is 1. The lowest BCUT2D eigenvalue weighted by Gasteiger charge is -2.04. The molecule has 112 valence electrons. The number of methoxy groups -OCH3 is 1. The summed E-state index contributed by atoms with van der Waals surface area (Å²) in [6.07, 6.45) is 1.75. The monoisotopic (exact) mass is 289 g/mol. The molecule has 0 unspecified atom stereocenters. The van der Waals surface area contributed by atoms with Gasteiger partial charge in [0.25, 0.3) is 0 Å². The predicted octanol–water partition coefficient (Wildman–Crippen LogP) is 0.653. The Kier molecular flexibility index (Phi) is 5.86. The van der Waals surface area contributed by atoms with E-state index in [2.05, 4.69) is 20.9 Å². The molecule has 7 heteroatoms. The first-order valence-electron chi connectivity index (χ1n) is 6.71. The number of para-hydroxylation sites is 1. The molecule has 1 aromatic heterocycles. The van der Waals surface area contributed by atoms with Crippen LogP contribution in [-0.4, -0.2) is 41.2 Å². The lowest BCUT2D eigenvalue weighted by Crippen LogP contribution is -2.19. The van der Waals surface area contributed by atoms with Crippen LogP contribution in [0.4, 0.5) is 5.69 Å². The highest BCUT2D eigenvalue weighted by atomic mass is 16.5. The number of nitrogens with zero attached hydrogens (tertiary/aromatic N) is 3. The zero-order chi connectivity index (χ0) is 14.9. The highest BCUT2D eigenvalue weighted by molar-refractivity contribution is 5.90. The summed E-state index contributed by atoms with van der Waals surface area (Å²) in [6, 6.07) is 9.31. The number of hydrogen-bond donors (Lipinski definition) is 2. The molecule has 1 aromatic carbocycles. The Morgan fingerprint density at radius 3 is 2.90 bits per heavy atom. The Balaban J connectivity index is 1.78. The van der Waals surface area contributed by atoms with Gasteiger partial charge in [0.15, 0.2) is 0 Å². The van der Waals surface area contributed by atoms with Gasteiger partial charge < -0.3 is 15.4 Å². The molecule has 1 heterocycles. The molecule has 0 aliphatic rings. The van der Waals surface area contributed by atoms with Gasteiger partial charge in [-0.3, -0.25) is 4.79 Å². The molecule has 0 saturated carbocycles. The summed E-state index contributed by atoms with van der Waals surface area (Å²) < 4.78 is 6.46. The van der Waals surface area contributed by atoms with Crippen molar-refractivity contribution in [1.29, 1.82) is 0 Å². The van der Waals surface area contributed by atoms with Crippen molar-refractivity contribution in [2.75, 3.05) is 25.6 Å². The van der Waals surface area contributed by atoms with Crippen molar-refractivity contribution >= 4 is 11.6 Å². The summed E-state index contributed by atoms with van der Waals surface area (Å²) in [6.45, 7) is 2.13. The zero-order valence-electron chi connectivity index (χ0n) is 12.0. The van der Waals surface area contributed by atoms with Crippen molar-refractivity contribution in [1.82, 2.24) is 20.3 Å². The number of benzene rings is 1. The molecule has 0 bridgehead atoms.